The topological polar surface area (TPSA) is 97.3 Å². The summed E-state index contributed by atoms with van der Waals surface area (Å²) in [6.07, 6.45) is 3.47. The van der Waals surface area contributed by atoms with E-state index < -0.39 is 6.10 Å². The van der Waals surface area contributed by atoms with Crippen molar-refractivity contribution in [3.05, 3.63) is 82.4 Å². The molecule has 3 N–H and O–H groups in total. The molecule has 0 saturated carbocycles. The van der Waals surface area contributed by atoms with Gasteiger partial charge >= 0.3 is 0 Å². The lowest BCUT2D eigenvalue weighted by Gasteiger charge is -2.17. The monoisotopic (exact) mass is 557 g/mol. The molecule has 4 rings (SSSR count). The van der Waals surface area contributed by atoms with Crippen LogP contribution in [0.4, 0.5) is 0 Å². The van der Waals surface area contributed by atoms with Gasteiger partial charge in [-0.3, -0.25) is 10.1 Å². The molecule has 0 amide bonds. The van der Waals surface area contributed by atoms with Gasteiger partial charge in [-0.25, -0.2) is 0 Å². The predicted octanol–water partition coefficient (Wildman–Crippen LogP) is 4.76. The normalized spacial score (nSPS) is 15.5. The Balaban J connectivity index is 1.57. The largest absolute Gasteiger partial charge is 0.504 e. The summed E-state index contributed by atoms with van der Waals surface area (Å²) in [5, 5.41) is 24.3. The van der Waals surface area contributed by atoms with Crippen molar-refractivity contribution in [3.8, 4) is 34.8 Å². The molecule has 7 heteroatoms. The molecule has 0 unspecified atom stereocenters. The quantitative estimate of drug-likeness (QED) is 0.198. The number of carbonyl (C=O) groups is 1. The molecule has 7 nitrogen and oxygen atoms in total. The number of hydrogen-bond acceptors (Lipinski definition) is 7. The van der Waals surface area contributed by atoms with E-state index in [0.29, 0.717) is 49.5 Å². The zero-order chi connectivity index (χ0) is 29.0. The minimum atomic E-state index is -0.733. The second kappa shape index (κ2) is 15.1. The summed E-state index contributed by atoms with van der Waals surface area (Å²) in [5.41, 5.74) is 4.51. The van der Waals surface area contributed by atoms with E-state index in [1.54, 1.807) is 19.2 Å². The number of phenolic OH excluding ortho intramolecular Hbond substituents is 1. The third kappa shape index (κ3) is 8.50. The number of Topliss-reactive ketones (excluding diaryl/α,β-unsaturated/α-hetero) is 1. The number of ether oxygens (including phenoxy) is 3. The van der Waals surface area contributed by atoms with Gasteiger partial charge in [0.2, 0.25) is 0 Å². The molecule has 2 bridgehead atoms. The first-order valence-corrected chi connectivity index (χ1v) is 14.1. The number of rotatable bonds is 9. The highest BCUT2D eigenvalue weighted by molar-refractivity contribution is 5.79. The van der Waals surface area contributed by atoms with Crippen LogP contribution in [-0.4, -0.2) is 49.6 Å². The summed E-state index contributed by atoms with van der Waals surface area (Å²) >= 11 is 0. The highest BCUT2D eigenvalue weighted by Crippen LogP contribution is 2.35. The molecule has 3 aromatic carbocycles. The van der Waals surface area contributed by atoms with Crippen LogP contribution in [0.1, 0.15) is 53.5 Å². The van der Waals surface area contributed by atoms with Gasteiger partial charge in [0.05, 0.1) is 25.9 Å². The van der Waals surface area contributed by atoms with Crippen molar-refractivity contribution in [2.24, 2.45) is 0 Å². The molecule has 0 aromatic heterocycles. The third-order valence-corrected chi connectivity index (χ3v) is 7.21. The molecular weight excluding hydrogens is 518 g/mol. The third-order valence-electron chi connectivity index (χ3n) is 7.21. The Bertz CT molecular complexity index is 1380. The Morgan fingerprint density at radius 3 is 2.59 bits per heavy atom. The van der Waals surface area contributed by atoms with Gasteiger partial charge in [-0.15, -0.1) is 0 Å². The number of aliphatic hydroxyl groups is 1. The van der Waals surface area contributed by atoms with Gasteiger partial charge in [-0.2, -0.15) is 0 Å². The van der Waals surface area contributed by atoms with Crippen molar-refractivity contribution in [2.45, 2.75) is 57.5 Å². The molecule has 1 aliphatic carbocycles. The number of fused-ring (bicyclic) bond motifs is 3. The Hall–Kier alpha value is -3.99. The second-order valence-corrected chi connectivity index (χ2v) is 10.2. The van der Waals surface area contributed by atoms with Crippen LogP contribution >= 0.6 is 0 Å². The number of aromatic hydroxyl groups is 1. The lowest BCUT2D eigenvalue weighted by Crippen LogP contribution is -2.22. The minimum absolute atomic E-state index is 0.00811. The summed E-state index contributed by atoms with van der Waals surface area (Å²) in [7, 11) is 3.09. The van der Waals surface area contributed by atoms with Crippen LogP contribution in [-0.2, 0) is 30.5 Å². The molecule has 0 fully saturated rings. The Labute approximate surface area is 242 Å². The van der Waals surface area contributed by atoms with Crippen molar-refractivity contribution >= 4 is 5.78 Å². The van der Waals surface area contributed by atoms with E-state index in [2.05, 4.69) is 41.4 Å². The fraction of sp³-hybridized carbons (Fsp3) is 0.382. The fourth-order valence-corrected chi connectivity index (χ4v) is 5.04. The van der Waals surface area contributed by atoms with Crippen LogP contribution in [0.5, 0.6) is 23.0 Å². The molecule has 1 aliphatic rings. The van der Waals surface area contributed by atoms with Crippen molar-refractivity contribution in [2.75, 3.05) is 27.5 Å². The van der Waals surface area contributed by atoms with E-state index in [4.69, 9.17) is 14.2 Å². The minimum Gasteiger partial charge on any atom is -0.504 e. The van der Waals surface area contributed by atoms with Crippen LogP contribution in [0, 0.1) is 11.8 Å². The molecule has 3 aromatic rings. The van der Waals surface area contributed by atoms with Crippen LogP contribution in [0.15, 0.2) is 54.6 Å². The van der Waals surface area contributed by atoms with Gasteiger partial charge in [0.15, 0.2) is 23.0 Å². The van der Waals surface area contributed by atoms with Gasteiger partial charge < -0.3 is 24.4 Å². The summed E-state index contributed by atoms with van der Waals surface area (Å²) < 4.78 is 17.4. The maximum atomic E-state index is 12.6. The lowest BCUT2D eigenvalue weighted by atomic mass is 9.97. The molecule has 0 aliphatic heterocycles. The van der Waals surface area contributed by atoms with Gasteiger partial charge in [-0.05, 0) is 67.5 Å². The maximum Gasteiger partial charge on any atom is 0.176 e. The lowest BCUT2D eigenvalue weighted by molar-refractivity contribution is -0.121. The smallest absolute Gasteiger partial charge is 0.176 e. The number of aryl methyl sites for hydroxylation is 3. The van der Waals surface area contributed by atoms with Crippen molar-refractivity contribution in [3.63, 3.8) is 0 Å². The van der Waals surface area contributed by atoms with Crippen LogP contribution in [0.3, 0.4) is 0 Å². The number of nitrogens with one attached hydrogen (secondary N) is 1. The maximum absolute atomic E-state index is 12.6. The average Bonchev–Trinajstić information content (AvgIpc) is 2.98. The molecular formula is C34H39NO6. The first-order chi connectivity index (χ1) is 20.0. The van der Waals surface area contributed by atoms with Crippen LogP contribution in [0.2, 0.25) is 0 Å². The molecule has 0 radical (unpaired) electrons. The molecule has 0 heterocycles. The molecule has 41 heavy (non-hydrogen) atoms. The van der Waals surface area contributed by atoms with Gasteiger partial charge in [0.1, 0.15) is 12.5 Å². The highest BCUT2D eigenvalue weighted by Gasteiger charge is 2.18. The number of carbonyl (C=O) groups excluding carboxylic acids is 1. The number of aliphatic hydroxyl groups excluding tert-OH is 1. The van der Waals surface area contributed by atoms with E-state index >= 15 is 0 Å². The van der Waals surface area contributed by atoms with E-state index in [-0.39, 0.29) is 30.1 Å². The summed E-state index contributed by atoms with van der Waals surface area (Å²) in [4.78, 5) is 12.6. The Morgan fingerprint density at radius 2 is 1.80 bits per heavy atom. The predicted molar refractivity (Wildman–Crippen MR) is 159 cm³/mol. The SMILES string of the molecule is COc1cc2cc(c1OCNCCCc1ccccc1)CC#Cc1c(ccc(O)c1OC)CCC(=O)C[C@H](O)CC2. The summed E-state index contributed by atoms with van der Waals surface area (Å²) in [6.45, 7) is 1.12. The first-order valence-electron chi connectivity index (χ1n) is 14.1. The number of ketones is 1. The standard InChI is InChI=1S/C34H39NO6/c1-39-32-21-25-13-16-28(36)22-29(37)17-14-26-15-18-31(38)34(40-2)30(26)12-6-11-27(20-25)33(32)41-23-35-19-7-10-24-8-4-3-5-9-24/h3-5,8-9,15,18,20-21,28,35-36,38H,7,10-11,13-14,16-17,19,22-23H2,1-2H3/t28-/m1/s1. The molecule has 0 saturated heterocycles. The fourth-order valence-electron chi connectivity index (χ4n) is 5.04. The molecule has 216 valence electrons. The van der Waals surface area contributed by atoms with Crippen molar-refractivity contribution < 1.29 is 29.2 Å². The molecule has 1 atom stereocenters. The van der Waals surface area contributed by atoms with Gasteiger partial charge in [0, 0.05) is 24.8 Å². The number of benzene rings is 3. The number of methoxy groups -OCH3 is 2. The van der Waals surface area contributed by atoms with E-state index in [0.717, 1.165) is 36.1 Å². The summed E-state index contributed by atoms with van der Waals surface area (Å²) in [6, 6.07) is 17.7. The van der Waals surface area contributed by atoms with E-state index in [1.807, 2.05) is 18.2 Å². The number of hydrogen-bond donors (Lipinski definition) is 3. The first kappa shape index (κ1) is 30.0. The van der Waals surface area contributed by atoms with E-state index in [9.17, 15) is 15.0 Å². The van der Waals surface area contributed by atoms with Crippen LogP contribution < -0.4 is 19.5 Å². The van der Waals surface area contributed by atoms with Gasteiger partial charge in [-0.1, -0.05) is 54.3 Å². The van der Waals surface area contributed by atoms with Crippen molar-refractivity contribution in [1.82, 2.24) is 5.32 Å². The van der Waals surface area contributed by atoms with Crippen LogP contribution in [0.25, 0.3) is 0 Å². The molecule has 0 spiro atoms. The Morgan fingerprint density at radius 1 is 0.976 bits per heavy atom. The zero-order valence-corrected chi connectivity index (χ0v) is 23.9. The zero-order valence-electron chi connectivity index (χ0n) is 23.9. The number of phenols is 1. The Kier molecular flexibility index (Phi) is 11.1. The summed E-state index contributed by atoms with van der Waals surface area (Å²) in [5.74, 6) is 7.88. The average molecular weight is 558 g/mol. The van der Waals surface area contributed by atoms with Gasteiger partial charge in [0.25, 0.3) is 0 Å². The highest BCUT2D eigenvalue weighted by atomic mass is 16.5. The van der Waals surface area contributed by atoms with Crippen molar-refractivity contribution in [1.29, 1.82) is 0 Å². The second-order valence-electron chi connectivity index (χ2n) is 10.2. The van der Waals surface area contributed by atoms with E-state index in [1.165, 1.54) is 12.7 Å².